The Labute approximate surface area is 117 Å². The Morgan fingerprint density at radius 3 is 2.63 bits per heavy atom. The fourth-order valence-corrected chi connectivity index (χ4v) is 2.76. The van der Waals surface area contributed by atoms with E-state index in [2.05, 4.69) is 29.4 Å². The van der Waals surface area contributed by atoms with Crippen LogP contribution in [0.15, 0.2) is 54.4 Å². The normalized spacial score (nSPS) is 11.8. The predicted molar refractivity (Wildman–Crippen MR) is 81.7 cm³/mol. The zero-order valence-corrected chi connectivity index (χ0v) is 11.7. The van der Waals surface area contributed by atoms with Gasteiger partial charge in [-0.3, -0.25) is 4.79 Å². The minimum atomic E-state index is -0.0494. The summed E-state index contributed by atoms with van der Waals surface area (Å²) in [5, 5.41) is 4.86. The highest BCUT2D eigenvalue weighted by atomic mass is 32.1. The molecule has 1 amide bonds. The Kier molecular flexibility index (Phi) is 4.53. The molecule has 0 saturated carbocycles. The molecule has 2 aromatic rings. The number of rotatable bonds is 5. The lowest BCUT2D eigenvalue weighted by molar-refractivity contribution is -0.114. The molecule has 3 heteroatoms. The lowest BCUT2D eigenvalue weighted by Crippen LogP contribution is -2.06. The average Bonchev–Trinajstić information content (AvgIpc) is 2.89. The highest BCUT2D eigenvalue weighted by molar-refractivity contribution is 7.09. The van der Waals surface area contributed by atoms with Crippen LogP contribution in [0.1, 0.15) is 23.3 Å². The van der Waals surface area contributed by atoms with Gasteiger partial charge in [0.15, 0.2) is 0 Å². The molecule has 0 radical (unpaired) electrons. The van der Waals surface area contributed by atoms with E-state index < -0.39 is 0 Å². The van der Waals surface area contributed by atoms with Crippen molar-refractivity contribution in [3.63, 3.8) is 0 Å². The topological polar surface area (TPSA) is 29.1 Å². The number of nitrogens with one attached hydrogen (secondary N) is 1. The molecule has 1 aromatic heterocycles. The lowest BCUT2D eigenvalue weighted by Gasteiger charge is -2.12. The van der Waals surface area contributed by atoms with Gasteiger partial charge in [-0.05, 0) is 35.6 Å². The molecular formula is C16H17NOS. The van der Waals surface area contributed by atoms with Crippen molar-refractivity contribution >= 4 is 22.9 Å². The van der Waals surface area contributed by atoms with Gasteiger partial charge in [0.25, 0.3) is 0 Å². The number of thiophene rings is 1. The molecule has 2 rings (SSSR count). The van der Waals surface area contributed by atoms with Gasteiger partial charge in [0.05, 0.1) is 0 Å². The van der Waals surface area contributed by atoms with E-state index in [0.29, 0.717) is 5.92 Å². The molecule has 1 aromatic carbocycles. The highest BCUT2D eigenvalue weighted by Crippen LogP contribution is 2.25. The van der Waals surface area contributed by atoms with Crippen LogP contribution in [0.5, 0.6) is 0 Å². The largest absolute Gasteiger partial charge is 0.326 e. The Morgan fingerprint density at radius 1 is 1.37 bits per heavy atom. The molecule has 0 fully saturated rings. The Balaban J connectivity index is 2.10. The monoisotopic (exact) mass is 271 g/mol. The fourth-order valence-electron chi connectivity index (χ4n) is 2.00. The van der Waals surface area contributed by atoms with Gasteiger partial charge in [0.1, 0.15) is 0 Å². The number of anilines is 1. The number of hydrogen-bond acceptors (Lipinski definition) is 2. The van der Waals surface area contributed by atoms with Crippen LogP contribution in [0.4, 0.5) is 5.69 Å². The van der Waals surface area contributed by atoms with E-state index in [9.17, 15) is 4.79 Å². The number of carbonyl (C=O) groups excluding carboxylic acids is 1. The third-order valence-corrected chi connectivity index (χ3v) is 3.84. The zero-order valence-electron chi connectivity index (χ0n) is 10.9. The van der Waals surface area contributed by atoms with Gasteiger partial charge in [0.2, 0.25) is 5.91 Å². The van der Waals surface area contributed by atoms with Crippen LogP contribution in [0.2, 0.25) is 0 Å². The molecule has 1 heterocycles. The third kappa shape index (κ3) is 3.80. The Hall–Kier alpha value is -1.87. The summed E-state index contributed by atoms with van der Waals surface area (Å²) in [5.74, 6) is 0.261. The summed E-state index contributed by atoms with van der Waals surface area (Å²) >= 11 is 1.77. The smallest absolute Gasteiger partial charge is 0.221 e. The molecular weight excluding hydrogens is 254 g/mol. The van der Waals surface area contributed by atoms with Crippen LogP contribution in [0, 0.1) is 0 Å². The molecule has 0 bridgehead atoms. The maximum Gasteiger partial charge on any atom is 0.221 e. The second-order valence-corrected chi connectivity index (χ2v) is 5.46. The first-order valence-corrected chi connectivity index (χ1v) is 7.09. The van der Waals surface area contributed by atoms with E-state index in [1.54, 1.807) is 11.3 Å². The van der Waals surface area contributed by atoms with Crippen LogP contribution in [-0.2, 0) is 11.2 Å². The lowest BCUT2D eigenvalue weighted by atomic mass is 9.95. The quantitative estimate of drug-likeness (QED) is 0.811. The van der Waals surface area contributed by atoms with Gasteiger partial charge in [-0.25, -0.2) is 0 Å². The van der Waals surface area contributed by atoms with Crippen molar-refractivity contribution in [3.8, 4) is 0 Å². The molecule has 98 valence electrons. The molecule has 0 unspecified atom stereocenters. The molecule has 19 heavy (non-hydrogen) atoms. The van der Waals surface area contributed by atoms with E-state index in [1.807, 2.05) is 30.3 Å². The summed E-state index contributed by atoms with van der Waals surface area (Å²) in [4.78, 5) is 12.3. The summed E-state index contributed by atoms with van der Waals surface area (Å²) < 4.78 is 0. The first-order chi connectivity index (χ1) is 9.19. The van der Waals surface area contributed by atoms with Crippen molar-refractivity contribution in [1.82, 2.24) is 0 Å². The second-order valence-electron chi connectivity index (χ2n) is 4.43. The van der Waals surface area contributed by atoms with Crippen LogP contribution in [-0.4, -0.2) is 5.91 Å². The van der Waals surface area contributed by atoms with Gasteiger partial charge < -0.3 is 5.32 Å². The number of allylic oxidation sites excluding steroid dienone is 1. The molecule has 1 atom stereocenters. The maximum atomic E-state index is 11.0. The third-order valence-electron chi connectivity index (χ3n) is 2.94. The van der Waals surface area contributed by atoms with Crippen LogP contribution < -0.4 is 5.32 Å². The molecule has 0 aliphatic heterocycles. The molecule has 0 aliphatic rings. The number of benzene rings is 1. The molecule has 0 saturated heterocycles. The predicted octanol–water partition coefficient (Wildman–Crippen LogP) is 4.22. The van der Waals surface area contributed by atoms with Crippen LogP contribution >= 0.6 is 11.3 Å². The summed E-state index contributed by atoms with van der Waals surface area (Å²) in [6.45, 7) is 5.43. The Bertz CT molecular complexity index is 543. The van der Waals surface area contributed by atoms with E-state index in [0.717, 1.165) is 12.1 Å². The fraction of sp³-hybridized carbons (Fsp3) is 0.188. The summed E-state index contributed by atoms with van der Waals surface area (Å²) in [6, 6.07) is 12.2. The highest BCUT2D eigenvalue weighted by Gasteiger charge is 2.09. The summed E-state index contributed by atoms with van der Waals surface area (Å²) in [7, 11) is 0. The van der Waals surface area contributed by atoms with E-state index in [4.69, 9.17) is 0 Å². The van der Waals surface area contributed by atoms with Gasteiger partial charge in [-0.2, -0.15) is 0 Å². The van der Waals surface area contributed by atoms with E-state index in [1.165, 1.54) is 17.4 Å². The first kappa shape index (κ1) is 13.6. The van der Waals surface area contributed by atoms with Crippen molar-refractivity contribution in [1.29, 1.82) is 0 Å². The van der Waals surface area contributed by atoms with Crippen molar-refractivity contribution in [3.05, 3.63) is 64.9 Å². The van der Waals surface area contributed by atoms with Gasteiger partial charge in [-0.1, -0.05) is 24.3 Å². The van der Waals surface area contributed by atoms with E-state index >= 15 is 0 Å². The van der Waals surface area contributed by atoms with Gasteiger partial charge >= 0.3 is 0 Å². The van der Waals surface area contributed by atoms with E-state index in [-0.39, 0.29) is 5.91 Å². The van der Waals surface area contributed by atoms with Crippen LogP contribution in [0.25, 0.3) is 0 Å². The molecule has 0 aliphatic carbocycles. The standard InChI is InChI=1S/C16H17NOS/c1-3-13(11-16-5-4-10-19-16)14-6-8-15(9-7-14)17-12(2)18/h3-10,13H,1,11H2,2H3,(H,17,18)/t13-/m0/s1. The SMILES string of the molecule is C=C[C@@H](Cc1cccs1)c1ccc(NC(C)=O)cc1. The Morgan fingerprint density at radius 2 is 2.11 bits per heavy atom. The maximum absolute atomic E-state index is 11.0. The minimum absolute atomic E-state index is 0.0494. The van der Waals surface area contributed by atoms with Crippen molar-refractivity contribution in [2.45, 2.75) is 19.3 Å². The molecule has 1 N–H and O–H groups in total. The number of hydrogen-bond donors (Lipinski definition) is 1. The number of amides is 1. The molecule has 0 spiro atoms. The average molecular weight is 271 g/mol. The van der Waals surface area contributed by atoms with Gasteiger partial charge in [-0.15, -0.1) is 17.9 Å². The summed E-state index contributed by atoms with van der Waals surface area (Å²) in [6.07, 6.45) is 2.95. The summed E-state index contributed by atoms with van der Waals surface area (Å²) in [5.41, 5.74) is 2.05. The first-order valence-electron chi connectivity index (χ1n) is 6.21. The van der Waals surface area contributed by atoms with Crippen molar-refractivity contribution in [2.24, 2.45) is 0 Å². The van der Waals surface area contributed by atoms with Gasteiger partial charge in [0, 0.05) is 23.4 Å². The van der Waals surface area contributed by atoms with Crippen molar-refractivity contribution < 1.29 is 4.79 Å². The molecule has 2 nitrogen and oxygen atoms in total. The van der Waals surface area contributed by atoms with Crippen molar-refractivity contribution in [2.75, 3.05) is 5.32 Å². The zero-order chi connectivity index (χ0) is 13.7. The minimum Gasteiger partial charge on any atom is -0.326 e. The second kappa shape index (κ2) is 6.34. The van der Waals surface area contributed by atoms with Crippen LogP contribution in [0.3, 0.4) is 0 Å². The number of carbonyl (C=O) groups is 1.